The van der Waals surface area contributed by atoms with Crippen molar-refractivity contribution in [3.63, 3.8) is 0 Å². The van der Waals surface area contributed by atoms with E-state index in [0.29, 0.717) is 12.0 Å². The molecule has 0 amide bonds. The van der Waals surface area contributed by atoms with E-state index in [0.717, 1.165) is 12.1 Å². The highest BCUT2D eigenvalue weighted by atomic mass is 35.5. The molecule has 0 radical (unpaired) electrons. The molecule has 1 aromatic heterocycles. The second-order valence-corrected chi connectivity index (χ2v) is 4.50. The Morgan fingerprint density at radius 3 is 2.35 bits per heavy atom. The van der Waals surface area contributed by atoms with E-state index in [2.05, 4.69) is 29.4 Å². The molecule has 1 fully saturated rings. The minimum atomic E-state index is 0. The molecule has 0 saturated heterocycles. The van der Waals surface area contributed by atoms with Crippen LogP contribution in [0.1, 0.15) is 17.9 Å². The maximum Gasteiger partial charge on any atom is 0.0923 e. The molecule has 0 bridgehead atoms. The van der Waals surface area contributed by atoms with Gasteiger partial charge in [0.15, 0.2) is 0 Å². The number of hydrogen-bond acceptors (Lipinski definition) is 2. The zero-order valence-electron chi connectivity index (χ0n) is 9.71. The number of rotatable bonds is 2. The Hall–Kier alpha value is -1.32. The molecule has 1 heterocycles. The van der Waals surface area contributed by atoms with Crippen LogP contribution in [0.3, 0.4) is 0 Å². The van der Waals surface area contributed by atoms with Gasteiger partial charge in [-0.05, 0) is 18.1 Å². The van der Waals surface area contributed by atoms with E-state index in [9.17, 15) is 0 Å². The van der Waals surface area contributed by atoms with Gasteiger partial charge < -0.3 is 5.73 Å². The molecule has 3 nitrogen and oxygen atoms in total. The van der Waals surface area contributed by atoms with Gasteiger partial charge in [0, 0.05) is 30.8 Å². The molecule has 4 heteroatoms. The molecule has 17 heavy (non-hydrogen) atoms. The Morgan fingerprint density at radius 2 is 1.88 bits per heavy atom. The molecule has 1 saturated carbocycles. The minimum absolute atomic E-state index is 0. The number of nitrogens with zero attached hydrogens (tertiary/aromatic N) is 2. The molecule has 1 aliphatic rings. The Kier molecular flexibility index (Phi) is 3.22. The van der Waals surface area contributed by atoms with Crippen LogP contribution in [0.2, 0.25) is 0 Å². The van der Waals surface area contributed by atoms with Gasteiger partial charge >= 0.3 is 0 Å². The first-order valence-electron chi connectivity index (χ1n) is 5.59. The maximum absolute atomic E-state index is 5.84. The van der Waals surface area contributed by atoms with Crippen LogP contribution in [-0.4, -0.2) is 15.8 Å². The van der Waals surface area contributed by atoms with Crippen LogP contribution in [0.25, 0.3) is 11.3 Å². The molecule has 2 unspecified atom stereocenters. The molecule has 3 rings (SSSR count). The van der Waals surface area contributed by atoms with Gasteiger partial charge in [0.2, 0.25) is 0 Å². The lowest BCUT2D eigenvalue weighted by Gasteiger charge is -2.00. The van der Waals surface area contributed by atoms with Gasteiger partial charge in [0.25, 0.3) is 0 Å². The molecular formula is C13H16ClN3. The number of halogens is 1. The topological polar surface area (TPSA) is 43.8 Å². The predicted octanol–water partition coefficient (Wildman–Crippen LogP) is 2.32. The third-order valence-corrected chi connectivity index (χ3v) is 3.19. The Morgan fingerprint density at radius 1 is 1.24 bits per heavy atom. The highest BCUT2D eigenvalue weighted by molar-refractivity contribution is 5.85. The summed E-state index contributed by atoms with van der Waals surface area (Å²) in [5.74, 6) is 0.581. The number of benzene rings is 1. The monoisotopic (exact) mass is 249 g/mol. The second-order valence-electron chi connectivity index (χ2n) is 4.50. The Bertz CT molecular complexity index is 504. The molecule has 1 aliphatic carbocycles. The van der Waals surface area contributed by atoms with Crippen molar-refractivity contribution in [3.05, 3.63) is 42.1 Å². The fourth-order valence-electron chi connectivity index (χ4n) is 2.07. The smallest absolute Gasteiger partial charge is 0.0923 e. The number of aromatic nitrogens is 2. The Labute approximate surface area is 107 Å². The third kappa shape index (κ3) is 2.35. The average Bonchev–Trinajstić information content (AvgIpc) is 2.86. The third-order valence-electron chi connectivity index (χ3n) is 3.19. The van der Waals surface area contributed by atoms with Crippen molar-refractivity contribution in [2.24, 2.45) is 12.8 Å². The summed E-state index contributed by atoms with van der Waals surface area (Å²) in [6.07, 6.45) is 3.09. The summed E-state index contributed by atoms with van der Waals surface area (Å²) in [5, 5.41) is 4.38. The molecule has 2 N–H and O–H groups in total. The summed E-state index contributed by atoms with van der Waals surface area (Å²) in [7, 11) is 1.93. The predicted molar refractivity (Wildman–Crippen MR) is 71.2 cm³/mol. The van der Waals surface area contributed by atoms with Crippen LogP contribution in [0, 0.1) is 0 Å². The maximum atomic E-state index is 5.84. The van der Waals surface area contributed by atoms with Crippen molar-refractivity contribution >= 4 is 12.4 Å². The number of nitrogens with two attached hydrogens (primary N) is 1. The molecule has 90 valence electrons. The van der Waals surface area contributed by atoms with E-state index in [4.69, 9.17) is 5.73 Å². The van der Waals surface area contributed by atoms with Crippen molar-refractivity contribution in [3.8, 4) is 11.3 Å². The summed E-state index contributed by atoms with van der Waals surface area (Å²) in [5.41, 5.74) is 9.38. The summed E-state index contributed by atoms with van der Waals surface area (Å²) in [6.45, 7) is 0. The molecule has 0 aliphatic heterocycles. The van der Waals surface area contributed by atoms with Crippen molar-refractivity contribution < 1.29 is 0 Å². The van der Waals surface area contributed by atoms with Gasteiger partial charge in [-0.25, -0.2) is 0 Å². The first-order chi connectivity index (χ1) is 7.74. The summed E-state index contributed by atoms with van der Waals surface area (Å²) < 4.78 is 1.82. The van der Waals surface area contributed by atoms with E-state index in [1.54, 1.807) is 0 Å². The first-order valence-corrected chi connectivity index (χ1v) is 5.59. The zero-order chi connectivity index (χ0) is 11.1. The zero-order valence-corrected chi connectivity index (χ0v) is 10.5. The highest BCUT2D eigenvalue weighted by Gasteiger charge is 2.34. The summed E-state index contributed by atoms with van der Waals surface area (Å²) >= 11 is 0. The van der Waals surface area contributed by atoms with Gasteiger partial charge in [0.1, 0.15) is 0 Å². The van der Waals surface area contributed by atoms with Gasteiger partial charge in [-0.2, -0.15) is 5.10 Å². The highest BCUT2D eigenvalue weighted by Crippen LogP contribution is 2.39. The van der Waals surface area contributed by atoms with E-state index < -0.39 is 0 Å². The van der Waals surface area contributed by atoms with E-state index >= 15 is 0 Å². The second kappa shape index (κ2) is 4.51. The van der Waals surface area contributed by atoms with Gasteiger partial charge in [-0.1, -0.05) is 24.3 Å². The van der Waals surface area contributed by atoms with Crippen LogP contribution in [-0.2, 0) is 7.05 Å². The number of hydrogen-bond donors (Lipinski definition) is 1. The first kappa shape index (κ1) is 12.1. The van der Waals surface area contributed by atoms with Crippen molar-refractivity contribution in [1.82, 2.24) is 9.78 Å². The normalized spacial score (nSPS) is 22.0. The lowest BCUT2D eigenvalue weighted by molar-refractivity contribution is 0.771. The Balaban J connectivity index is 0.00000108. The quantitative estimate of drug-likeness (QED) is 0.888. The van der Waals surface area contributed by atoms with E-state index in [1.165, 1.54) is 11.1 Å². The number of aryl methyl sites for hydroxylation is 1. The summed E-state index contributed by atoms with van der Waals surface area (Å²) in [4.78, 5) is 0. The van der Waals surface area contributed by atoms with E-state index in [1.807, 2.05) is 24.0 Å². The van der Waals surface area contributed by atoms with Crippen molar-refractivity contribution in [1.29, 1.82) is 0 Å². The lowest BCUT2D eigenvalue weighted by atomic mass is 10.1. The standard InChI is InChI=1S/C13H15N3.ClH/c1-16-7-6-13(15-16)10-4-2-9(3-5-10)11-8-12(11)14;/h2-7,11-12H,8,14H2,1H3;1H. The van der Waals surface area contributed by atoms with Crippen molar-refractivity contribution in [2.75, 3.05) is 0 Å². The largest absolute Gasteiger partial charge is 0.327 e. The minimum Gasteiger partial charge on any atom is -0.327 e. The summed E-state index contributed by atoms with van der Waals surface area (Å²) in [6, 6.07) is 11.0. The van der Waals surface area contributed by atoms with Crippen LogP contribution < -0.4 is 5.73 Å². The van der Waals surface area contributed by atoms with Crippen LogP contribution in [0.5, 0.6) is 0 Å². The lowest BCUT2D eigenvalue weighted by Crippen LogP contribution is -2.00. The van der Waals surface area contributed by atoms with Crippen molar-refractivity contribution in [2.45, 2.75) is 18.4 Å². The van der Waals surface area contributed by atoms with Crippen LogP contribution in [0.4, 0.5) is 0 Å². The SMILES string of the molecule is Cl.Cn1ccc(-c2ccc(C3CC3N)cc2)n1. The van der Waals surface area contributed by atoms with Gasteiger partial charge in [-0.3, -0.25) is 4.68 Å². The molecule has 1 aromatic carbocycles. The fourth-order valence-corrected chi connectivity index (χ4v) is 2.07. The van der Waals surface area contributed by atoms with Gasteiger partial charge in [-0.15, -0.1) is 12.4 Å². The average molecular weight is 250 g/mol. The molecule has 2 aromatic rings. The van der Waals surface area contributed by atoms with Crippen LogP contribution in [0.15, 0.2) is 36.5 Å². The van der Waals surface area contributed by atoms with E-state index in [-0.39, 0.29) is 12.4 Å². The van der Waals surface area contributed by atoms with Crippen LogP contribution >= 0.6 is 12.4 Å². The molecule has 0 spiro atoms. The molecular weight excluding hydrogens is 234 g/mol. The fraction of sp³-hybridized carbons (Fsp3) is 0.308. The van der Waals surface area contributed by atoms with Gasteiger partial charge in [0.05, 0.1) is 5.69 Å². The molecule has 2 atom stereocenters.